The van der Waals surface area contributed by atoms with Crippen LogP contribution in [0, 0.1) is 12.8 Å². The maximum Gasteiger partial charge on any atom is 0.287 e. The molecule has 118 valence electrons. The molecule has 1 heterocycles. The predicted molar refractivity (Wildman–Crippen MR) is 78.3 cm³/mol. The topological polar surface area (TPSA) is 102 Å². The first-order chi connectivity index (χ1) is 9.79. The van der Waals surface area contributed by atoms with Crippen molar-refractivity contribution in [1.29, 1.82) is 0 Å². The molecule has 1 amide bonds. The SMILES string of the molecule is Cc1oc(C(=O)NC(C)C2CCCCC2)cc1S(N)(=O)=O. The molecule has 0 aromatic carbocycles. The fourth-order valence-corrected chi connectivity index (χ4v) is 3.60. The second kappa shape index (κ2) is 6.19. The van der Waals surface area contributed by atoms with Gasteiger partial charge in [0.1, 0.15) is 10.7 Å². The molecule has 1 aliphatic rings. The number of rotatable bonds is 4. The lowest BCUT2D eigenvalue weighted by Gasteiger charge is -2.27. The van der Waals surface area contributed by atoms with Crippen LogP contribution in [0.2, 0.25) is 0 Å². The lowest BCUT2D eigenvalue weighted by molar-refractivity contribution is 0.0890. The van der Waals surface area contributed by atoms with Crippen molar-refractivity contribution in [2.45, 2.75) is 56.9 Å². The molecule has 7 heteroatoms. The first kappa shape index (κ1) is 16.0. The number of nitrogens with two attached hydrogens (primary N) is 1. The molecule has 0 bridgehead atoms. The molecule has 0 radical (unpaired) electrons. The quantitative estimate of drug-likeness (QED) is 0.886. The number of sulfonamides is 1. The lowest BCUT2D eigenvalue weighted by Crippen LogP contribution is -2.38. The summed E-state index contributed by atoms with van der Waals surface area (Å²) in [5, 5.41) is 7.96. The number of carbonyl (C=O) groups excluding carboxylic acids is 1. The van der Waals surface area contributed by atoms with Gasteiger partial charge in [-0.1, -0.05) is 19.3 Å². The molecule has 1 aromatic heterocycles. The number of carbonyl (C=O) groups is 1. The minimum absolute atomic E-state index is 0.0146. The molecule has 3 N–H and O–H groups in total. The second-order valence-corrected chi connectivity index (χ2v) is 7.27. The fourth-order valence-electron chi connectivity index (χ4n) is 2.89. The molecule has 1 atom stereocenters. The maximum absolute atomic E-state index is 12.1. The van der Waals surface area contributed by atoms with Crippen LogP contribution in [-0.2, 0) is 10.0 Å². The van der Waals surface area contributed by atoms with Crippen LogP contribution in [0.4, 0.5) is 0 Å². The minimum atomic E-state index is -3.87. The standard InChI is InChI=1S/C14H22N2O4S/c1-9(11-6-4-3-5-7-11)16-14(17)12-8-13(10(2)20-12)21(15,18)19/h8-9,11H,3-7H2,1-2H3,(H,16,17)(H2,15,18,19). The van der Waals surface area contributed by atoms with Crippen LogP contribution in [-0.4, -0.2) is 20.4 Å². The first-order valence-electron chi connectivity index (χ1n) is 7.23. The molecule has 1 aromatic rings. The average molecular weight is 314 g/mol. The van der Waals surface area contributed by atoms with Gasteiger partial charge < -0.3 is 9.73 Å². The van der Waals surface area contributed by atoms with Crippen LogP contribution >= 0.6 is 0 Å². The monoisotopic (exact) mass is 314 g/mol. The van der Waals surface area contributed by atoms with E-state index in [0.29, 0.717) is 5.92 Å². The Hall–Kier alpha value is -1.34. The van der Waals surface area contributed by atoms with Gasteiger partial charge in [-0.15, -0.1) is 0 Å². The van der Waals surface area contributed by atoms with Crippen molar-refractivity contribution in [2.75, 3.05) is 0 Å². The molecule has 1 unspecified atom stereocenters. The van der Waals surface area contributed by atoms with Crippen LogP contribution in [0.3, 0.4) is 0 Å². The van der Waals surface area contributed by atoms with E-state index in [0.717, 1.165) is 12.8 Å². The molecule has 0 spiro atoms. The van der Waals surface area contributed by atoms with Crippen molar-refractivity contribution < 1.29 is 17.6 Å². The van der Waals surface area contributed by atoms with Crippen LogP contribution in [0.1, 0.15) is 55.3 Å². The molecular formula is C14H22N2O4S. The Morgan fingerprint density at radius 1 is 1.38 bits per heavy atom. The summed E-state index contributed by atoms with van der Waals surface area (Å²) < 4.78 is 27.9. The third-order valence-corrected chi connectivity index (χ3v) is 5.14. The van der Waals surface area contributed by atoms with E-state index in [4.69, 9.17) is 9.56 Å². The summed E-state index contributed by atoms with van der Waals surface area (Å²) in [6.45, 7) is 3.45. The van der Waals surface area contributed by atoms with Gasteiger partial charge >= 0.3 is 0 Å². The van der Waals surface area contributed by atoms with Gasteiger partial charge in [-0.25, -0.2) is 13.6 Å². The zero-order valence-corrected chi connectivity index (χ0v) is 13.2. The second-order valence-electron chi connectivity index (χ2n) is 5.74. The van der Waals surface area contributed by atoms with Gasteiger partial charge in [0.2, 0.25) is 10.0 Å². The van der Waals surface area contributed by atoms with E-state index >= 15 is 0 Å². The molecule has 0 saturated heterocycles. The summed E-state index contributed by atoms with van der Waals surface area (Å²) in [7, 11) is -3.87. The highest BCUT2D eigenvalue weighted by atomic mass is 32.2. The van der Waals surface area contributed by atoms with E-state index in [2.05, 4.69) is 5.32 Å². The number of furan rings is 1. The van der Waals surface area contributed by atoms with Gasteiger partial charge in [0.25, 0.3) is 5.91 Å². The van der Waals surface area contributed by atoms with Gasteiger partial charge in [0.15, 0.2) is 5.76 Å². The Morgan fingerprint density at radius 3 is 2.52 bits per heavy atom. The fraction of sp³-hybridized carbons (Fsp3) is 0.643. The van der Waals surface area contributed by atoms with Crippen molar-refractivity contribution in [3.05, 3.63) is 17.6 Å². The van der Waals surface area contributed by atoms with Crippen molar-refractivity contribution in [1.82, 2.24) is 5.32 Å². The summed E-state index contributed by atoms with van der Waals surface area (Å²) in [5.41, 5.74) is 0. The number of amides is 1. The molecular weight excluding hydrogens is 292 g/mol. The zero-order chi connectivity index (χ0) is 15.6. The Labute approximate surface area is 125 Å². The number of primary sulfonamides is 1. The highest BCUT2D eigenvalue weighted by Crippen LogP contribution is 2.26. The van der Waals surface area contributed by atoms with Gasteiger partial charge in [-0.2, -0.15) is 0 Å². The van der Waals surface area contributed by atoms with Crippen molar-refractivity contribution >= 4 is 15.9 Å². The van der Waals surface area contributed by atoms with Crippen molar-refractivity contribution in [3.8, 4) is 0 Å². The third-order valence-electron chi connectivity index (χ3n) is 4.12. The minimum Gasteiger partial charge on any atom is -0.455 e. The first-order valence-corrected chi connectivity index (χ1v) is 8.78. The number of nitrogens with one attached hydrogen (secondary N) is 1. The van der Waals surface area contributed by atoms with Gasteiger partial charge in [-0.05, 0) is 32.6 Å². The lowest BCUT2D eigenvalue weighted by atomic mass is 9.84. The van der Waals surface area contributed by atoms with Crippen molar-refractivity contribution in [3.63, 3.8) is 0 Å². The zero-order valence-electron chi connectivity index (χ0n) is 12.4. The Bertz CT molecular complexity index is 615. The summed E-state index contributed by atoms with van der Waals surface area (Å²) in [4.78, 5) is 12.0. The highest BCUT2D eigenvalue weighted by molar-refractivity contribution is 7.89. The van der Waals surface area contributed by atoms with Crippen molar-refractivity contribution in [2.24, 2.45) is 11.1 Å². The molecule has 1 aliphatic carbocycles. The largest absolute Gasteiger partial charge is 0.455 e. The molecule has 2 rings (SSSR count). The van der Waals surface area contributed by atoms with E-state index < -0.39 is 15.9 Å². The van der Waals surface area contributed by atoms with Crippen LogP contribution in [0.5, 0.6) is 0 Å². The van der Waals surface area contributed by atoms with E-state index in [1.54, 1.807) is 0 Å². The number of hydrogen-bond donors (Lipinski definition) is 2. The van der Waals surface area contributed by atoms with E-state index in [-0.39, 0.29) is 22.5 Å². The molecule has 6 nitrogen and oxygen atoms in total. The molecule has 0 aliphatic heterocycles. The number of hydrogen-bond acceptors (Lipinski definition) is 4. The maximum atomic E-state index is 12.1. The third kappa shape index (κ3) is 3.85. The smallest absolute Gasteiger partial charge is 0.287 e. The van der Waals surface area contributed by atoms with E-state index in [9.17, 15) is 13.2 Å². The molecule has 21 heavy (non-hydrogen) atoms. The van der Waals surface area contributed by atoms with Gasteiger partial charge in [-0.3, -0.25) is 4.79 Å². The normalized spacial score (nSPS) is 18.4. The number of aryl methyl sites for hydroxylation is 1. The molecule has 1 saturated carbocycles. The van der Waals surface area contributed by atoms with Crippen LogP contribution in [0.15, 0.2) is 15.4 Å². The Balaban J connectivity index is 2.06. The summed E-state index contributed by atoms with van der Waals surface area (Å²) in [5.74, 6) is 0.190. The molecule has 1 fully saturated rings. The highest BCUT2D eigenvalue weighted by Gasteiger charge is 2.25. The van der Waals surface area contributed by atoms with E-state index in [1.165, 1.54) is 32.3 Å². The summed E-state index contributed by atoms with van der Waals surface area (Å²) in [6.07, 6.45) is 5.87. The summed E-state index contributed by atoms with van der Waals surface area (Å²) >= 11 is 0. The van der Waals surface area contributed by atoms with Crippen LogP contribution in [0.25, 0.3) is 0 Å². The van der Waals surface area contributed by atoms with Gasteiger partial charge in [0, 0.05) is 12.1 Å². The predicted octanol–water partition coefficient (Wildman–Crippen LogP) is 1.93. The van der Waals surface area contributed by atoms with Gasteiger partial charge in [0.05, 0.1) is 0 Å². The Kier molecular flexibility index (Phi) is 4.73. The average Bonchev–Trinajstić information content (AvgIpc) is 2.82. The van der Waals surface area contributed by atoms with Crippen LogP contribution < -0.4 is 10.5 Å². The summed E-state index contributed by atoms with van der Waals surface area (Å²) in [6, 6.07) is 1.23. The Morgan fingerprint density at radius 2 is 2.00 bits per heavy atom. The van der Waals surface area contributed by atoms with E-state index in [1.807, 2.05) is 6.92 Å².